The standard InChI is InChI=1S/C16H16F2N2O2/c1-16(2,3)22-15(21)20-7-5-4-6-11-8-13(17)12(10-19)14(18)9-11/h8-9H,5,7H2,1-3H3,(H,20,21). The second-order valence-electron chi connectivity index (χ2n) is 5.41. The number of nitriles is 1. The molecule has 0 aliphatic heterocycles. The zero-order valence-corrected chi connectivity index (χ0v) is 12.6. The Bertz CT molecular complexity index is 638. The zero-order chi connectivity index (χ0) is 16.8. The summed E-state index contributed by atoms with van der Waals surface area (Å²) in [5.74, 6) is 3.35. The summed E-state index contributed by atoms with van der Waals surface area (Å²) in [4.78, 5) is 11.3. The van der Waals surface area contributed by atoms with Gasteiger partial charge in [-0.1, -0.05) is 11.8 Å². The predicted octanol–water partition coefficient (Wildman–Crippen LogP) is 3.10. The number of ether oxygens (including phenoxy) is 1. The van der Waals surface area contributed by atoms with Gasteiger partial charge >= 0.3 is 6.09 Å². The summed E-state index contributed by atoms with van der Waals surface area (Å²) in [5, 5.41) is 11.1. The number of benzene rings is 1. The molecule has 0 heterocycles. The Morgan fingerprint density at radius 3 is 2.41 bits per heavy atom. The van der Waals surface area contributed by atoms with Crippen LogP contribution in [0.1, 0.15) is 38.3 Å². The number of halogens is 2. The minimum absolute atomic E-state index is 0.131. The first-order chi connectivity index (χ1) is 10.2. The van der Waals surface area contributed by atoms with Gasteiger partial charge in [0, 0.05) is 18.5 Å². The van der Waals surface area contributed by atoms with Crippen LogP contribution in [0, 0.1) is 34.8 Å². The van der Waals surface area contributed by atoms with Gasteiger partial charge in [-0.05, 0) is 32.9 Å². The van der Waals surface area contributed by atoms with Gasteiger partial charge in [0.15, 0.2) is 0 Å². The molecule has 1 N–H and O–H groups in total. The van der Waals surface area contributed by atoms with E-state index in [1.165, 1.54) is 6.07 Å². The maximum Gasteiger partial charge on any atom is 0.407 e. The predicted molar refractivity (Wildman–Crippen MR) is 76.8 cm³/mol. The molecule has 0 aliphatic carbocycles. The van der Waals surface area contributed by atoms with Gasteiger partial charge in [-0.15, -0.1) is 0 Å². The molecule has 116 valence electrons. The molecule has 4 nitrogen and oxygen atoms in total. The van der Waals surface area contributed by atoms with E-state index in [0.717, 1.165) is 12.1 Å². The van der Waals surface area contributed by atoms with Crippen molar-refractivity contribution < 1.29 is 18.3 Å². The lowest BCUT2D eigenvalue weighted by Gasteiger charge is -2.19. The summed E-state index contributed by atoms with van der Waals surface area (Å²) in [7, 11) is 0. The average molecular weight is 306 g/mol. The number of rotatable bonds is 2. The minimum atomic E-state index is -0.946. The zero-order valence-electron chi connectivity index (χ0n) is 12.6. The third kappa shape index (κ3) is 5.80. The normalized spacial score (nSPS) is 10.2. The summed E-state index contributed by atoms with van der Waals surface area (Å²) < 4.78 is 31.7. The van der Waals surface area contributed by atoms with E-state index < -0.39 is 28.9 Å². The summed E-state index contributed by atoms with van der Waals surface area (Å²) in [6.45, 7) is 5.50. The van der Waals surface area contributed by atoms with Gasteiger partial charge < -0.3 is 10.1 Å². The highest BCUT2D eigenvalue weighted by Crippen LogP contribution is 2.13. The third-order valence-electron chi connectivity index (χ3n) is 2.30. The fourth-order valence-corrected chi connectivity index (χ4v) is 1.46. The number of carbonyl (C=O) groups excluding carboxylic acids is 1. The molecule has 0 saturated carbocycles. The van der Waals surface area contributed by atoms with Gasteiger partial charge in [0.1, 0.15) is 28.9 Å². The van der Waals surface area contributed by atoms with Gasteiger partial charge in [-0.2, -0.15) is 5.26 Å². The van der Waals surface area contributed by atoms with Crippen LogP contribution in [0.4, 0.5) is 13.6 Å². The molecule has 0 unspecified atom stereocenters. The number of hydrogen-bond acceptors (Lipinski definition) is 3. The van der Waals surface area contributed by atoms with Crippen LogP contribution in [-0.2, 0) is 4.74 Å². The van der Waals surface area contributed by atoms with E-state index >= 15 is 0 Å². The lowest BCUT2D eigenvalue weighted by atomic mass is 10.1. The first kappa shape index (κ1) is 17.5. The van der Waals surface area contributed by atoms with Gasteiger partial charge in [-0.3, -0.25) is 0 Å². The summed E-state index contributed by atoms with van der Waals surface area (Å²) in [6.07, 6.45) is -0.257. The molecule has 0 aliphatic rings. The van der Waals surface area contributed by atoms with Crippen molar-refractivity contribution in [2.24, 2.45) is 0 Å². The van der Waals surface area contributed by atoms with Crippen LogP contribution in [0.15, 0.2) is 12.1 Å². The molecular formula is C16H16F2N2O2. The van der Waals surface area contributed by atoms with Crippen molar-refractivity contribution in [2.45, 2.75) is 32.8 Å². The number of alkyl carbamates (subject to hydrolysis) is 1. The van der Waals surface area contributed by atoms with Crippen LogP contribution in [-0.4, -0.2) is 18.2 Å². The lowest BCUT2D eigenvalue weighted by molar-refractivity contribution is 0.0529. The molecule has 0 saturated heterocycles. The SMILES string of the molecule is CC(C)(C)OC(=O)NCCC#Cc1cc(F)c(C#N)c(F)c1. The van der Waals surface area contributed by atoms with Gasteiger partial charge in [0.05, 0.1) is 0 Å². The highest BCUT2D eigenvalue weighted by Gasteiger charge is 2.15. The van der Waals surface area contributed by atoms with E-state index in [1.807, 2.05) is 0 Å². The molecule has 1 rings (SSSR count). The minimum Gasteiger partial charge on any atom is -0.444 e. The molecule has 1 aromatic rings. The van der Waals surface area contributed by atoms with Crippen LogP contribution in [0.5, 0.6) is 0 Å². The van der Waals surface area contributed by atoms with Gasteiger partial charge in [-0.25, -0.2) is 13.6 Å². The Labute approximate surface area is 128 Å². The van der Waals surface area contributed by atoms with Crippen molar-refractivity contribution in [1.29, 1.82) is 5.26 Å². The van der Waals surface area contributed by atoms with Crippen molar-refractivity contribution in [2.75, 3.05) is 6.54 Å². The second-order valence-corrected chi connectivity index (χ2v) is 5.41. The Kier molecular flexibility index (Phi) is 5.89. The van der Waals surface area contributed by atoms with Crippen LogP contribution in [0.25, 0.3) is 0 Å². The molecule has 0 aromatic heterocycles. The molecule has 22 heavy (non-hydrogen) atoms. The summed E-state index contributed by atoms with van der Waals surface area (Å²) >= 11 is 0. The Hall–Kier alpha value is -2.60. The molecule has 1 amide bonds. The number of hydrogen-bond donors (Lipinski definition) is 1. The highest BCUT2D eigenvalue weighted by molar-refractivity contribution is 5.67. The van der Waals surface area contributed by atoms with E-state index in [-0.39, 0.29) is 12.1 Å². The fraction of sp³-hybridized carbons (Fsp3) is 0.375. The largest absolute Gasteiger partial charge is 0.444 e. The van der Waals surface area contributed by atoms with Crippen LogP contribution in [0.2, 0.25) is 0 Å². The maximum absolute atomic E-state index is 13.3. The third-order valence-corrected chi connectivity index (χ3v) is 2.30. The molecule has 0 radical (unpaired) electrons. The molecule has 6 heteroatoms. The van der Waals surface area contributed by atoms with E-state index in [1.54, 1.807) is 20.8 Å². The first-order valence-corrected chi connectivity index (χ1v) is 6.58. The van der Waals surface area contributed by atoms with Crippen molar-refractivity contribution in [3.8, 4) is 17.9 Å². The smallest absolute Gasteiger partial charge is 0.407 e. The highest BCUT2D eigenvalue weighted by atomic mass is 19.1. The van der Waals surface area contributed by atoms with Crippen LogP contribution < -0.4 is 5.32 Å². The van der Waals surface area contributed by atoms with Crippen LogP contribution >= 0.6 is 0 Å². The Morgan fingerprint density at radius 2 is 1.91 bits per heavy atom. The molecule has 1 aromatic carbocycles. The fourth-order valence-electron chi connectivity index (χ4n) is 1.46. The van der Waals surface area contributed by atoms with Crippen molar-refractivity contribution in [3.05, 3.63) is 34.9 Å². The number of nitrogens with one attached hydrogen (secondary N) is 1. The average Bonchev–Trinajstić information content (AvgIpc) is 2.35. The monoisotopic (exact) mass is 306 g/mol. The van der Waals surface area contributed by atoms with Gasteiger partial charge in [0.2, 0.25) is 0 Å². The quantitative estimate of drug-likeness (QED) is 0.674. The Morgan fingerprint density at radius 1 is 1.32 bits per heavy atom. The summed E-state index contributed by atoms with van der Waals surface area (Å²) in [5.41, 5.74) is -1.07. The van der Waals surface area contributed by atoms with Crippen molar-refractivity contribution in [3.63, 3.8) is 0 Å². The van der Waals surface area contributed by atoms with E-state index in [0.29, 0.717) is 6.42 Å². The molecule has 0 bridgehead atoms. The van der Waals surface area contributed by atoms with Crippen molar-refractivity contribution in [1.82, 2.24) is 5.32 Å². The number of amides is 1. The topological polar surface area (TPSA) is 62.1 Å². The lowest BCUT2D eigenvalue weighted by Crippen LogP contribution is -2.32. The molecule has 0 fully saturated rings. The summed E-state index contributed by atoms with van der Waals surface area (Å²) in [6, 6.07) is 3.43. The molecule has 0 atom stereocenters. The molecule has 0 spiro atoms. The Balaban J connectivity index is 2.53. The van der Waals surface area contributed by atoms with Crippen LogP contribution in [0.3, 0.4) is 0 Å². The van der Waals surface area contributed by atoms with E-state index in [2.05, 4.69) is 17.2 Å². The van der Waals surface area contributed by atoms with E-state index in [9.17, 15) is 13.6 Å². The maximum atomic E-state index is 13.3. The molecular weight excluding hydrogens is 290 g/mol. The van der Waals surface area contributed by atoms with E-state index in [4.69, 9.17) is 10.00 Å². The van der Waals surface area contributed by atoms with Gasteiger partial charge in [0.25, 0.3) is 0 Å². The second kappa shape index (κ2) is 7.42. The number of nitrogens with zero attached hydrogens (tertiary/aromatic N) is 1. The number of carbonyl (C=O) groups is 1. The van der Waals surface area contributed by atoms with Crippen molar-refractivity contribution >= 4 is 6.09 Å². The first-order valence-electron chi connectivity index (χ1n) is 6.58.